The van der Waals surface area contributed by atoms with E-state index in [9.17, 15) is 5.11 Å². The van der Waals surface area contributed by atoms with Crippen LogP contribution in [0.15, 0.2) is 0 Å². The average Bonchev–Trinajstić information content (AvgIpc) is 2.05. The molecule has 0 spiro atoms. The highest BCUT2D eigenvalue weighted by molar-refractivity contribution is 4.97. The van der Waals surface area contributed by atoms with Gasteiger partial charge in [-0.25, -0.2) is 0 Å². The molecule has 2 heteroatoms. The second kappa shape index (κ2) is 4.43. The Morgan fingerprint density at radius 3 is 1.85 bits per heavy atom. The minimum atomic E-state index is -0.408. The molecule has 0 aromatic heterocycles. The molecule has 1 fully saturated rings. The van der Waals surface area contributed by atoms with Crippen LogP contribution in [0.2, 0.25) is 0 Å². The molecule has 1 aliphatic rings. The van der Waals surface area contributed by atoms with Crippen molar-refractivity contribution in [1.82, 2.24) is 0 Å². The van der Waals surface area contributed by atoms with Gasteiger partial charge < -0.3 is 10.6 Å². The third-order valence-electron chi connectivity index (χ3n) is 4.06. The van der Waals surface area contributed by atoms with Crippen molar-refractivity contribution in [1.29, 1.82) is 0 Å². The van der Waals surface area contributed by atoms with E-state index in [1.165, 1.54) is 19.3 Å². The first-order valence-electron chi connectivity index (χ1n) is 5.30. The van der Waals surface area contributed by atoms with Crippen molar-refractivity contribution in [2.45, 2.75) is 64.9 Å². The molecular weight excluding hydrogens is 164 g/mol. The number of aliphatic hydroxyl groups is 1. The highest BCUT2D eigenvalue weighted by Gasteiger charge is 2.45. The number of hydrogen-bond donors (Lipinski definition) is 1. The van der Waals surface area contributed by atoms with Crippen LogP contribution in [0.3, 0.4) is 0 Å². The Hall–Kier alpha value is -0.0800. The molecule has 0 aromatic carbocycles. The first-order valence-corrected chi connectivity index (χ1v) is 5.30. The summed E-state index contributed by atoms with van der Waals surface area (Å²) in [4.78, 5) is 0. The lowest BCUT2D eigenvalue weighted by atomic mass is 9.61. The van der Waals surface area contributed by atoms with E-state index in [2.05, 4.69) is 13.8 Å². The van der Waals surface area contributed by atoms with Crippen LogP contribution in [0.1, 0.15) is 59.3 Å². The molecular formula is C11H24O2. The molecule has 0 heterocycles. The van der Waals surface area contributed by atoms with Gasteiger partial charge in [-0.05, 0) is 38.0 Å². The summed E-state index contributed by atoms with van der Waals surface area (Å²) in [5, 5.41) is 10.3. The van der Waals surface area contributed by atoms with Gasteiger partial charge >= 0.3 is 0 Å². The topological polar surface area (TPSA) is 51.7 Å². The summed E-state index contributed by atoms with van der Waals surface area (Å²) < 4.78 is 0. The fourth-order valence-corrected chi connectivity index (χ4v) is 2.83. The highest BCUT2D eigenvalue weighted by atomic mass is 16.3. The maximum Gasteiger partial charge on any atom is 0.0675 e. The Balaban J connectivity index is 0.00000144. The van der Waals surface area contributed by atoms with Gasteiger partial charge in [0.25, 0.3) is 0 Å². The van der Waals surface area contributed by atoms with Gasteiger partial charge in [-0.3, -0.25) is 0 Å². The first-order chi connectivity index (χ1) is 5.58. The average molecular weight is 188 g/mol. The van der Waals surface area contributed by atoms with Crippen LogP contribution >= 0.6 is 0 Å². The third kappa shape index (κ3) is 2.05. The minimum Gasteiger partial charge on any atom is -0.412 e. The van der Waals surface area contributed by atoms with E-state index >= 15 is 0 Å². The van der Waals surface area contributed by atoms with Gasteiger partial charge in [-0.15, -0.1) is 0 Å². The largest absolute Gasteiger partial charge is 0.412 e. The van der Waals surface area contributed by atoms with Gasteiger partial charge in [0.05, 0.1) is 5.60 Å². The molecule has 1 saturated carbocycles. The smallest absolute Gasteiger partial charge is 0.0675 e. The van der Waals surface area contributed by atoms with E-state index in [0.717, 1.165) is 19.3 Å². The van der Waals surface area contributed by atoms with Crippen molar-refractivity contribution < 1.29 is 10.6 Å². The fraction of sp³-hybridized carbons (Fsp3) is 1.00. The highest BCUT2D eigenvalue weighted by Crippen LogP contribution is 2.48. The van der Waals surface area contributed by atoms with E-state index in [4.69, 9.17) is 0 Å². The minimum absolute atomic E-state index is 0. The second-order valence-corrected chi connectivity index (χ2v) is 4.47. The molecule has 1 atom stereocenters. The summed E-state index contributed by atoms with van der Waals surface area (Å²) in [6, 6.07) is 0. The van der Waals surface area contributed by atoms with Gasteiger partial charge in [0.2, 0.25) is 0 Å². The zero-order valence-electron chi connectivity index (χ0n) is 9.19. The molecule has 0 aromatic rings. The van der Waals surface area contributed by atoms with Gasteiger partial charge in [-0.1, -0.05) is 26.7 Å². The maximum absolute atomic E-state index is 10.3. The van der Waals surface area contributed by atoms with Gasteiger partial charge in [0.1, 0.15) is 0 Å². The molecule has 0 bridgehead atoms. The quantitative estimate of drug-likeness (QED) is 0.710. The Morgan fingerprint density at radius 2 is 1.54 bits per heavy atom. The van der Waals surface area contributed by atoms with Crippen molar-refractivity contribution in [2.75, 3.05) is 0 Å². The molecule has 0 amide bonds. The first kappa shape index (κ1) is 12.9. The lowest BCUT2D eigenvalue weighted by molar-refractivity contribution is -0.106. The predicted molar refractivity (Wildman–Crippen MR) is 55.7 cm³/mol. The lowest BCUT2D eigenvalue weighted by Crippen LogP contribution is -2.47. The van der Waals surface area contributed by atoms with E-state index in [-0.39, 0.29) is 10.9 Å². The summed E-state index contributed by atoms with van der Waals surface area (Å²) in [6.07, 6.45) is 6.96. The summed E-state index contributed by atoms with van der Waals surface area (Å²) >= 11 is 0. The molecule has 2 nitrogen and oxygen atoms in total. The van der Waals surface area contributed by atoms with Crippen LogP contribution < -0.4 is 0 Å². The molecule has 13 heavy (non-hydrogen) atoms. The Labute approximate surface area is 81.7 Å². The Morgan fingerprint density at radius 1 is 1.08 bits per heavy atom. The number of rotatable bonds is 2. The molecule has 0 radical (unpaired) electrons. The Bertz CT molecular complexity index is 148. The monoisotopic (exact) mass is 188 g/mol. The van der Waals surface area contributed by atoms with Gasteiger partial charge in [-0.2, -0.15) is 0 Å². The van der Waals surface area contributed by atoms with Gasteiger partial charge in [0.15, 0.2) is 0 Å². The Kier molecular flexibility index (Phi) is 4.40. The molecule has 80 valence electrons. The van der Waals surface area contributed by atoms with Crippen LogP contribution in [0, 0.1) is 5.41 Å². The summed E-state index contributed by atoms with van der Waals surface area (Å²) in [7, 11) is 0. The molecule has 0 aliphatic heterocycles. The molecule has 1 rings (SSSR count). The predicted octanol–water partition coefficient (Wildman–Crippen LogP) is 2.29. The molecule has 1 unspecified atom stereocenters. The number of hydrogen-bond acceptors (Lipinski definition) is 1. The van der Waals surface area contributed by atoms with Crippen molar-refractivity contribution >= 4 is 0 Å². The molecule has 3 N–H and O–H groups in total. The van der Waals surface area contributed by atoms with E-state index < -0.39 is 5.60 Å². The van der Waals surface area contributed by atoms with Crippen LogP contribution in [0.4, 0.5) is 0 Å². The van der Waals surface area contributed by atoms with Gasteiger partial charge in [0, 0.05) is 0 Å². The van der Waals surface area contributed by atoms with Crippen LogP contribution in [0.25, 0.3) is 0 Å². The summed E-state index contributed by atoms with van der Waals surface area (Å²) in [5.74, 6) is 0. The van der Waals surface area contributed by atoms with E-state index in [0.29, 0.717) is 0 Å². The summed E-state index contributed by atoms with van der Waals surface area (Å²) in [5.41, 5.74) is -0.194. The van der Waals surface area contributed by atoms with Crippen molar-refractivity contribution in [3.05, 3.63) is 0 Å². The van der Waals surface area contributed by atoms with Crippen LogP contribution in [-0.2, 0) is 0 Å². The zero-order chi connectivity index (χ0) is 9.24. The van der Waals surface area contributed by atoms with Crippen molar-refractivity contribution in [2.24, 2.45) is 5.41 Å². The standard InChI is InChI=1S/C11H22O.H2O/c1-4-11(5-2)9-7-6-8-10(11,3)12;/h12H,4-9H2,1-3H3;1H2. The van der Waals surface area contributed by atoms with E-state index in [1.54, 1.807) is 0 Å². The normalized spacial score (nSPS) is 32.3. The van der Waals surface area contributed by atoms with Crippen LogP contribution in [0.5, 0.6) is 0 Å². The summed E-state index contributed by atoms with van der Waals surface area (Å²) in [6.45, 7) is 6.45. The van der Waals surface area contributed by atoms with Crippen LogP contribution in [-0.4, -0.2) is 16.2 Å². The maximum atomic E-state index is 10.3. The fourth-order valence-electron chi connectivity index (χ4n) is 2.83. The zero-order valence-corrected chi connectivity index (χ0v) is 9.19. The van der Waals surface area contributed by atoms with Crippen molar-refractivity contribution in [3.63, 3.8) is 0 Å². The van der Waals surface area contributed by atoms with E-state index in [1.807, 2.05) is 6.92 Å². The third-order valence-corrected chi connectivity index (χ3v) is 4.06. The second-order valence-electron chi connectivity index (χ2n) is 4.47. The molecule has 1 aliphatic carbocycles. The lowest BCUT2D eigenvalue weighted by Gasteiger charge is -2.48. The van der Waals surface area contributed by atoms with Crippen molar-refractivity contribution in [3.8, 4) is 0 Å². The molecule has 0 saturated heterocycles. The SMILES string of the molecule is CCC1(CC)CCCCC1(C)O.O.